The van der Waals surface area contributed by atoms with Crippen LogP contribution in [0.3, 0.4) is 0 Å². The molecule has 1 unspecified atom stereocenters. The van der Waals surface area contributed by atoms with Crippen LogP contribution in [-0.4, -0.2) is 34.3 Å². The molecule has 4 aromatic rings. The Kier molecular flexibility index (Phi) is 5.33. The van der Waals surface area contributed by atoms with Crippen molar-refractivity contribution in [3.8, 4) is 28.3 Å². The minimum Gasteiger partial charge on any atom is -0.497 e. The van der Waals surface area contributed by atoms with Crippen LogP contribution < -0.4 is 9.64 Å². The van der Waals surface area contributed by atoms with Gasteiger partial charge in [0.25, 0.3) is 0 Å². The topological polar surface area (TPSA) is 42.7 Å². The number of rotatable bonds is 5. The molecular formula is C26H28N4O. The van der Waals surface area contributed by atoms with E-state index in [1.807, 2.05) is 28.8 Å². The van der Waals surface area contributed by atoms with Crippen LogP contribution in [0.4, 0.5) is 5.82 Å². The molecule has 158 valence electrons. The first-order chi connectivity index (χ1) is 15.3. The fraction of sp³-hybridized carbons (Fsp3) is 0.308. The fourth-order valence-corrected chi connectivity index (χ4v) is 4.57. The van der Waals surface area contributed by atoms with Gasteiger partial charge in [-0.2, -0.15) is 9.61 Å². The molecule has 0 N–H and O–H groups in total. The zero-order valence-corrected chi connectivity index (χ0v) is 18.2. The number of benzene rings is 2. The van der Waals surface area contributed by atoms with Gasteiger partial charge in [0.15, 0.2) is 5.65 Å². The van der Waals surface area contributed by atoms with Crippen LogP contribution in [0.25, 0.3) is 28.2 Å². The minimum atomic E-state index is 0.535. The van der Waals surface area contributed by atoms with Crippen LogP contribution in [0, 0.1) is 0 Å². The highest BCUT2D eigenvalue weighted by atomic mass is 16.5. The van der Waals surface area contributed by atoms with Gasteiger partial charge in [-0.25, -0.2) is 4.98 Å². The van der Waals surface area contributed by atoms with Gasteiger partial charge in [-0.1, -0.05) is 49.4 Å². The average Bonchev–Trinajstić information content (AvgIpc) is 3.28. The quantitative estimate of drug-likeness (QED) is 0.413. The van der Waals surface area contributed by atoms with Crippen molar-refractivity contribution in [1.29, 1.82) is 0 Å². The Morgan fingerprint density at radius 3 is 2.58 bits per heavy atom. The number of hydrogen-bond donors (Lipinski definition) is 0. The lowest BCUT2D eigenvalue weighted by atomic mass is 10.00. The Morgan fingerprint density at radius 2 is 1.77 bits per heavy atom. The van der Waals surface area contributed by atoms with E-state index < -0.39 is 0 Å². The molecule has 5 heteroatoms. The second-order valence-electron chi connectivity index (χ2n) is 8.15. The van der Waals surface area contributed by atoms with Gasteiger partial charge in [-0.05, 0) is 37.8 Å². The fourth-order valence-electron chi connectivity index (χ4n) is 4.57. The van der Waals surface area contributed by atoms with Crippen molar-refractivity contribution in [2.24, 2.45) is 0 Å². The summed E-state index contributed by atoms with van der Waals surface area (Å²) in [6.45, 7) is 3.34. The average molecular weight is 413 g/mol. The number of methoxy groups -OCH3 is 1. The summed E-state index contributed by atoms with van der Waals surface area (Å²) in [5.74, 6) is 1.96. The highest BCUT2D eigenvalue weighted by Crippen LogP contribution is 2.32. The zero-order chi connectivity index (χ0) is 21.2. The van der Waals surface area contributed by atoms with Crippen molar-refractivity contribution in [2.45, 2.75) is 38.6 Å². The predicted octanol–water partition coefficient (Wildman–Crippen LogP) is 5.84. The largest absolute Gasteiger partial charge is 0.497 e. The highest BCUT2D eigenvalue weighted by molar-refractivity contribution is 5.71. The summed E-state index contributed by atoms with van der Waals surface area (Å²) in [5.41, 5.74) is 4.92. The maximum atomic E-state index is 5.42. The van der Waals surface area contributed by atoms with Gasteiger partial charge in [-0.3, -0.25) is 0 Å². The van der Waals surface area contributed by atoms with Gasteiger partial charge in [-0.15, -0.1) is 0 Å². The number of piperidine rings is 1. The Hall–Kier alpha value is -3.34. The molecule has 0 radical (unpaired) electrons. The van der Waals surface area contributed by atoms with Crippen LogP contribution in [0.5, 0.6) is 5.75 Å². The summed E-state index contributed by atoms with van der Waals surface area (Å²) in [5, 5.41) is 4.99. The first kappa shape index (κ1) is 19.6. The molecule has 0 bridgehead atoms. The normalized spacial score (nSPS) is 16.6. The van der Waals surface area contributed by atoms with Crippen molar-refractivity contribution in [2.75, 3.05) is 18.6 Å². The molecule has 0 spiro atoms. The molecular weight excluding hydrogens is 384 g/mol. The molecule has 0 saturated carbocycles. The molecule has 0 aliphatic carbocycles. The number of fused-ring (bicyclic) bond motifs is 1. The standard InChI is InChI=1S/C26H28N4O/c1-3-21-13-7-8-15-29(21)26-18-23(19-10-5-4-6-11-19)27-25-17-24(28-30(25)26)20-12-9-14-22(16-20)31-2/h4-6,9-12,14,16-18,21H,3,7-8,13,15H2,1-2H3. The summed E-state index contributed by atoms with van der Waals surface area (Å²) in [6, 6.07) is 23.3. The smallest absolute Gasteiger partial charge is 0.158 e. The van der Waals surface area contributed by atoms with Gasteiger partial charge < -0.3 is 9.64 Å². The first-order valence-corrected chi connectivity index (χ1v) is 11.1. The minimum absolute atomic E-state index is 0.535. The lowest BCUT2D eigenvalue weighted by Crippen LogP contribution is -2.40. The molecule has 31 heavy (non-hydrogen) atoms. The molecule has 0 amide bonds. The molecule has 5 rings (SSSR count). The van der Waals surface area contributed by atoms with Gasteiger partial charge in [0.2, 0.25) is 0 Å². The van der Waals surface area contributed by atoms with E-state index in [-0.39, 0.29) is 0 Å². The number of anilines is 1. The zero-order valence-electron chi connectivity index (χ0n) is 18.2. The third kappa shape index (κ3) is 3.76. The summed E-state index contributed by atoms with van der Waals surface area (Å²) < 4.78 is 7.44. The van der Waals surface area contributed by atoms with E-state index >= 15 is 0 Å². The van der Waals surface area contributed by atoms with E-state index in [1.165, 1.54) is 19.3 Å². The van der Waals surface area contributed by atoms with Crippen molar-refractivity contribution in [3.05, 3.63) is 66.7 Å². The first-order valence-electron chi connectivity index (χ1n) is 11.1. The highest BCUT2D eigenvalue weighted by Gasteiger charge is 2.25. The molecule has 2 aromatic carbocycles. The molecule has 1 saturated heterocycles. The second kappa shape index (κ2) is 8.42. The van der Waals surface area contributed by atoms with Crippen molar-refractivity contribution >= 4 is 11.5 Å². The Bertz CT molecular complexity index is 1180. The molecule has 3 heterocycles. The lowest BCUT2D eigenvalue weighted by Gasteiger charge is -2.37. The van der Waals surface area contributed by atoms with E-state index in [4.69, 9.17) is 14.8 Å². The number of nitrogens with zero attached hydrogens (tertiary/aromatic N) is 4. The summed E-state index contributed by atoms with van der Waals surface area (Å²) in [6.07, 6.45) is 4.87. The van der Waals surface area contributed by atoms with Gasteiger partial charge in [0.05, 0.1) is 18.5 Å². The molecule has 1 fully saturated rings. The van der Waals surface area contributed by atoms with Gasteiger partial charge in [0, 0.05) is 35.8 Å². The van der Waals surface area contributed by atoms with Crippen LogP contribution in [0.1, 0.15) is 32.6 Å². The van der Waals surface area contributed by atoms with E-state index in [1.54, 1.807) is 7.11 Å². The molecule has 5 nitrogen and oxygen atoms in total. The summed E-state index contributed by atoms with van der Waals surface area (Å²) in [4.78, 5) is 7.52. The van der Waals surface area contributed by atoms with Crippen LogP contribution in [0.15, 0.2) is 66.7 Å². The van der Waals surface area contributed by atoms with Crippen molar-refractivity contribution in [3.63, 3.8) is 0 Å². The van der Waals surface area contributed by atoms with Crippen LogP contribution in [0.2, 0.25) is 0 Å². The monoisotopic (exact) mass is 412 g/mol. The Morgan fingerprint density at radius 1 is 0.935 bits per heavy atom. The van der Waals surface area contributed by atoms with Crippen molar-refractivity contribution in [1.82, 2.24) is 14.6 Å². The number of hydrogen-bond acceptors (Lipinski definition) is 4. The number of ether oxygens (including phenoxy) is 1. The van der Waals surface area contributed by atoms with Gasteiger partial charge >= 0.3 is 0 Å². The summed E-state index contributed by atoms with van der Waals surface area (Å²) >= 11 is 0. The van der Waals surface area contributed by atoms with Crippen LogP contribution >= 0.6 is 0 Å². The Balaban J connectivity index is 1.69. The van der Waals surface area contributed by atoms with Crippen LogP contribution in [-0.2, 0) is 0 Å². The molecule has 1 atom stereocenters. The van der Waals surface area contributed by atoms with E-state index in [2.05, 4.69) is 54.3 Å². The maximum absolute atomic E-state index is 5.42. The summed E-state index contributed by atoms with van der Waals surface area (Å²) in [7, 11) is 1.69. The molecule has 1 aliphatic heterocycles. The third-order valence-corrected chi connectivity index (χ3v) is 6.24. The third-order valence-electron chi connectivity index (χ3n) is 6.24. The van der Waals surface area contributed by atoms with E-state index in [0.717, 1.165) is 52.7 Å². The predicted molar refractivity (Wildman–Crippen MR) is 126 cm³/mol. The second-order valence-corrected chi connectivity index (χ2v) is 8.15. The number of aromatic nitrogens is 3. The molecule has 2 aromatic heterocycles. The maximum Gasteiger partial charge on any atom is 0.158 e. The Labute approximate surface area is 183 Å². The van der Waals surface area contributed by atoms with E-state index in [9.17, 15) is 0 Å². The lowest BCUT2D eigenvalue weighted by molar-refractivity contribution is 0.415. The molecule has 1 aliphatic rings. The van der Waals surface area contributed by atoms with Gasteiger partial charge in [0.1, 0.15) is 11.6 Å². The SMILES string of the molecule is CCC1CCCCN1c1cc(-c2ccccc2)nc2cc(-c3cccc(OC)c3)nn12. The van der Waals surface area contributed by atoms with E-state index in [0.29, 0.717) is 6.04 Å². The van der Waals surface area contributed by atoms with Crippen molar-refractivity contribution < 1.29 is 4.74 Å².